The molecule has 5 rings (SSSR count). The minimum Gasteiger partial charge on any atom is -0.426 e. The van der Waals surface area contributed by atoms with E-state index in [2.05, 4.69) is 71.0 Å². The van der Waals surface area contributed by atoms with Gasteiger partial charge in [0.05, 0.1) is 5.69 Å². The van der Waals surface area contributed by atoms with Crippen LogP contribution in [0, 0.1) is 13.8 Å². The lowest BCUT2D eigenvalue weighted by Gasteiger charge is -2.22. The summed E-state index contributed by atoms with van der Waals surface area (Å²) in [7, 11) is 0. The molecule has 0 radical (unpaired) electrons. The summed E-state index contributed by atoms with van der Waals surface area (Å²) in [5, 5.41) is 2.03. The number of benzene rings is 4. The van der Waals surface area contributed by atoms with Crippen LogP contribution in [0.3, 0.4) is 0 Å². The summed E-state index contributed by atoms with van der Waals surface area (Å²) in [5.74, 6) is 0.404. The van der Waals surface area contributed by atoms with Gasteiger partial charge in [0.2, 0.25) is 0 Å². The quantitative estimate of drug-likeness (QED) is 0.248. The zero-order chi connectivity index (χ0) is 22.8. The number of nitrogen functional groups attached to an aromatic ring is 1. The zero-order valence-corrected chi connectivity index (χ0v) is 19.2. The molecule has 0 spiro atoms. The molecule has 4 aromatic rings. The third-order valence-corrected chi connectivity index (χ3v) is 6.63. The minimum absolute atomic E-state index is 0.116. The molecule has 160 valence electrons. The first-order chi connectivity index (χ1) is 15.2. The van der Waals surface area contributed by atoms with Gasteiger partial charge in [-0.2, -0.15) is 0 Å². The van der Waals surface area contributed by atoms with Gasteiger partial charge in [-0.15, -0.1) is 0 Å². The summed E-state index contributed by atoms with van der Waals surface area (Å²) in [6.07, 6.45) is 0. The van der Waals surface area contributed by atoms with E-state index in [9.17, 15) is 4.79 Å². The molecule has 0 aromatic heterocycles. The largest absolute Gasteiger partial charge is 0.426 e. The van der Waals surface area contributed by atoms with Crippen LogP contribution >= 0.6 is 0 Å². The molecule has 3 nitrogen and oxygen atoms in total. The Balaban J connectivity index is 1.72. The van der Waals surface area contributed by atoms with Crippen molar-refractivity contribution in [1.82, 2.24) is 0 Å². The van der Waals surface area contributed by atoms with E-state index in [1.165, 1.54) is 38.9 Å². The molecule has 0 unspecified atom stereocenters. The highest BCUT2D eigenvalue weighted by Gasteiger charge is 2.25. The molecule has 0 atom stereocenters. The summed E-state index contributed by atoms with van der Waals surface area (Å²) in [6.45, 7) is 11.6. The van der Waals surface area contributed by atoms with Crippen molar-refractivity contribution in [2.24, 2.45) is 0 Å². The number of hydrogen-bond donors (Lipinski definition) is 1. The zero-order valence-electron chi connectivity index (χ0n) is 19.2. The normalized spacial score (nSPS) is 12.2. The second-order valence-electron chi connectivity index (χ2n) is 9.77. The van der Waals surface area contributed by atoms with Gasteiger partial charge in [0.15, 0.2) is 5.75 Å². The molecule has 4 aromatic carbocycles. The molecule has 1 aliphatic rings. The number of anilines is 1. The van der Waals surface area contributed by atoms with Crippen LogP contribution in [0.1, 0.15) is 37.5 Å². The van der Waals surface area contributed by atoms with Crippen LogP contribution in [0.4, 0.5) is 5.69 Å². The summed E-state index contributed by atoms with van der Waals surface area (Å²) in [5.41, 5.74) is 17.9. The molecule has 3 heteroatoms. The Morgan fingerprint density at radius 2 is 1.56 bits per heavy atom. The third kappa shape index (κ3) is 2.92. The van der Waals surface area contributed by atoms with Crippen LogP contribution < -0.4 is 10.5 Å². The SMILES string of the molecule is Cc1cc(C(C)(C)C)cc(C)c1-c1ccc2c(c1)-c1cccc3c(N)c(OC=O)cc-2c13. The fourth-order valence-electron chi connectivity index (χ4n) is 5.08. The number of aryl methyl sites for hydroxylation is 2. The second-order valence-corrected chi connectivity index (χ2v) is 9.77. The molecule has 0 heterocycles. The summed E-state index contributed by atoms with van der Waals surface area (Å²) < 4.78 is 5.18. The standard InChI is InChI=1S/C29H27NO2/c1-16-11-19(29(3,4)5)12-17(2)26(16)18-9-10-20-23(13-18)21-7-6-8-22-27(21)24(20)14-25(28(22)30)32-15-31/h6-15H,30H2,1-5H3. The predicted octanol–water partition coefficient (Wildman–Crippen LogP) is 7.19. The highest BCUT2D eigenvalue weighted by molar-refractivity contribution is 6.19. The van der Waals surface area contributed by atoms with Crippen molar-refractivity contribution in [3.05, 3.63) is 71.3 Å². The topological polar surface area (TPSA) is 52.3 Å². The summed E-state index contributed by atoms with van der Waals surface area (Å²) >= 11 is 0. The highest BCUT2D eigenvalue weighted by Crippen LogP contribution is 2.52. The molecule has 2 N–H and O–H groups in total. The van der Waals surface area contributed by atoms with Gasteiger partial charge in [-0.1, -0.05) is 63.2 Å². The number of carbonyl (C=O) groups excluding carboxylic acids is 1. The Labute approximate surface area is 188 Å². The first kappa shape index (κ1) is 20.3. The van der Waals surface area contributed by atoms with Crippen molar-refractivity contribution in [1.29, 1.82) is 0 Å². The van der Waals surface area contributed by atoms with Crippen molar-refractivity contribution in [2.45, 2.75) is 40.0 Å². The van der Waals surface area contributed by atoms with Crippen molar-refractivity contribution in [3.8, 4) is 39.1 Å². The smallest absolute Gasteiger partial charge is 0.298 e. The summed E-state index contributed by atoms with van der Waals surface area (Å²) in [6, 6.07) is 19.3. The number of rotatable bonds is 3. The van der Waals surface area contributed by atoms with Gasteiger partial charge in [0, 0.05) is 5.39 Å². The number of hydrogen-bond acceptors (Lipinski definition) is 3. The van der Waals surface area contributed by atoms with Gasteiger partial charge < -0.3 is 10.5 Å². The lowest BCUT2D eigenvalue weighted by Crippen LogP contribution is -2.12. The Bertz CT molecular complexity index is 1400. The number of carbonyl (C=O) groups is 1. The fraction of sp³-hybridized carbons (Fsp3) is 0.207. The second kappa shape index (κ2) is 6.96. The lowest BCUT2D eigenvalue weighted by atomic mass is 9.82. The van der Waals surface area contributed by atoms with Gasteiger partial charge in [0.25, 0.3) is 6.47 Å². The van der Waals surface area contributed by atoms with E-state index in [0.29, 0.717) is 17.9 Å². The van der Waals surface area contributed by atoms with Crippen LogP contribution in [-0.4, -0.2) is 6.47 Å². The van der Waals surface area contributed by atoms with E-state index in [1.807, 2.05) is 18.2 Å². The molecule has 0 amide bonds. The molecule has 0 saturated heterocycles. The number of nitrogens with two attached hydrogens (primary N) is 1. The Morgan fingerprint density at radius 1 is 0.844 bits per heavy atom. The van der Waals surface area contributed by atoms with E-state index < -0.39 is 0 Å². The van der Waals surface area contributed by atoms with Gasteiger partial charge in [0.1, 0.15) is 0 Å². The van der Waals surface area contributed by atoms with Gasteiger partial charge in [-0.25, -0.2) is 0 Å². The number of fused-ring (bicyclic) bond motifs is 3. The maximum Gasteiger partial charge on any atom is 0.298 e. The molecule has 0 aliphatic heterocycles. The van der Waals surface area contributed by atoms with Crippen LogP contribution in [0.5, 0.6) is 5.75 Å². The van der Waals surface area contributed by atoms with Crippen LogP contribution in [0.2, 0.25) is 0 Å². The monoisotopic (exact) mass is 421 g/mol. The maximum atomic E-state index is 11.0. The lowest BCUT2D eigenvalue weighted by molar-refractivity contribution is -0.120. The Kier molecular flexibility index (Phi) is 4.42. The molecule has 0 bridgehead atoms. The van der Waals surface area contributed by atoms with E-state index in [0.717, 1.165) is 21.9 Å². The molecule has 0 saturated carbocycles. The third-order valence-electron chi connectivity index (χ3n) is 6.63. The Hall–Kier alpha value is -3.59. The average molecular weight is 422 g/mol. The van der Waals surface area contributed by atoms with Crippen molar-refractivity contribution >= 4 is 22.9 Å². The van der Waals surface area contributed by atoms with Crippen LogP contribution in [-0.2, 0) is 10.2 Å². The highest BCUT2D eigenvalue weighted by atomic mass is 16.5. The molecular weight excluding hydrogens is 394 g/mol. The molecule has 1 aliphatic carbocycles. The fourth-order valence-corrected chi connectivity index (χ4v) is 5.08. The molecular formula is C29H27NO2. The van der Waals surface area contributed by atoms with Gasteiger partial charge >= 0.3 is 0 Å². The number of ether oxygens (including phenoxy) is 1. The van der Waals surface area contributed by atoms with E-state index >= 15 is 0 Å². The molecule has 0 fully saturated rings. The maximum absolute atomic E-state index is 11.0. The van der Waals surface area contributed by atoms with Crippen molar-refractivity contribution in [3.63, 3.8) is 0 Å². The van der Waals surface area contributed by atoms with E-state index in [-0.39, 0.29) is 5.41 Å². The summed E-state index contributed by atoms with van der Waals surface area (Å²) in [4.78, 5) is 11.0. The first-order valence-corrected chi connectivity index (χ1v) is 10.9. The van der Waals surface area contributed by atoms with E-state index in [4.69, 9.17) is 10.5 Å². The van der Waals surface area contributed by atoms with Crippen molar-refractivity contribution in [2.75, 3.05) is 5.73 Å². The average Bonchev–Trinajstić information content (AvgIpc) is 3.05. The Morgan fingerprint density at radius 3 is 2.22 bits per heavy atom. The van der Waals surface area contributed by atoms with Gasteiger partial charge in [-0.05, 0) is 86.9 Å². The van der Waals surface area contributed by atoms with Crippen LogP contribution in [0.15, 0.2) is 54.6 Å². The first-order valence-electron chi connectivity index (χ1n) is 10.9. The van der Waals surface area contributed by atoms with E-state index in [1.54, 1.807) is 0 Å². The van der Waals surface area contributed by atoms with Crippen LogP contribution in [0.25, 0.3) is 44.2 Å². The molecule has 32 heavy (non-hydrogen) atoms. The predicted molar refractivity (Wildman–Crippen MR) is 133 cm³/mol. The van der Waals surface area contributed by atoms with Gasteiger partial charge in [-0.3, -0.25) is 4.79 Å². The van der Waals surface area contributed by atoms with Crippen molar-refractivity contribution < 1.29 is 9.53 Å². The minimum atomic E-state index is 0.116.